The second kappa shape index (κ2) is 8.00. The Kier molecular flexibility index (Phi) is 5.58. The van der Waals surface area contributed by atoms with Gasteiger partial charge in [-0.05, 0) is 63.4 Å². The third-order valence-corrected chi connectivity index (χ3v) is 6.70. The number of thiazole rings is 1. The van der Waals surface area contributed by atoms with Gasteiger partial charge in [-0.1, -0.05) is 24.3 Å². The molecule has 0 bridgehead atoms. The Hall–Kier alpha value is -3.17. The first-order valence-corrected chi connectivity index (χ1v) is 11.4. The third-order valence-electron chi connectivity index (χ3n) is 5.80. The summed E-state index contributed by atoms with van der Waals surface area (Å²) in [6.07, 6.45) is 0.638. The highest BCUT2D eigenvalue weighted by molar-refractivity contribution is 7.20. The molecule has 8 nitrogen and oxygen atoms in total. The highest BCUT2D eigenvalue weighted by atomic mass is 32.1. The molecular formula is C24H24N2O6S. The number of aryl methyl sites for hydroxylation is 1. The van der Waals surface area contributed by atoms with Crippen LogP contribution in [0.5, 0.6) is 10.9 Å². The van der Waals surface area contributed by atoms with Gasteiger partial charge in [-0.15, -0.1) is 0 Å². The van der Waals surface area contributed by atoms with Crippen LogP contribution in [-0.2, 0) is 20.7 Å². The molecule has 0 aliphatic carbocycles. The lowest BCUT2D eigenvalue weighted by molar-refractivity contribution is -0.384. The molecular weight excluding hydrogens is 444 g/mol. The van der Waals surface area contributed by atoms with E-state index >= 15 is 0 Å². The molecule has 2 heterocycles. The smallest absolute Gasteiger partial charge is 0.279 e. The van der Waals surface area contributed by atoms with E-state index in [9.17, 15) is 19.7 Å². The van der Waals surface area contributed by atoms with Crippen molar-refractivity contribution in [3.8, 4) is 10.9 Å². The van der Waals surface area contributed by atoms with Crippen molar-refractivity contribution in [1.82, 2.24) is 4.98 Å². The Bertz CT molecular complexity index is 1270. The van der Waals surface area contributed by atoms with Gasteiger partial charge in [0.25, 0.3) is 10.9 Å². The number of Topliss-reactive ketones (excluding diaryl/α,β-unsaturated/α-hetero) is 2. The van der Waals surface area contributed by atoms with Crippen LogP contribution in [0.1, 0.15) is 51.7 Å². The monoisotopic (exact) mass is 468 g/mol. The Morgan fingerprint density at radius 2 is 1.76 bits per heavy atom. The zero-order chi connectivity index (χ0) is 24.1. The van der Waals surface area contributed by atoms with Crippen LogP contribution in [0.2, 0.25) is 0 Å². The van der Waals surface area contributed by atoms with Crippen LogP contribution in [0.25, 0.3) is 10.2 Å². The van der Waals surface area contributed by atoms with Gasteiger partial charge in [0.15, 0.2) is 11.6 Å². The second-order valence-electron chi connectivity index (χ2n) is 8.99. The van der Waals surface area contributed by atoms with Gasteiger partial charge in [-0.2, -0.15) is 0 Å². The molecule has 0 spiro atoms. The summed E-state index contributed by atoms with van der Waals surface area (Å²) in [6, 6.07) is 9.75. The SMILES string of the molecule is CCc1ccc(Oc2nc3ccc([N+](=O)[O-])cc3s2)cc1C1C(=O)C(C)(C)OC(C)(C)C1=O. The molecule has 0 radical (unpaired) electrons. The topological polar surface area (TPSA) is 109 Å². The molecule has 2 aromatic carbocycles. The van der Waals surface area contributed by atoms with E-state index in [4.69, 9.17) is 9.47 Å². The summed E-state index contributed by atoms with van der Waals surface area (Å²) in [4.78, 5) is 41.4. The van der Waals surface area contributed by atoms with E-state index in [1.807, 2.05) is 13.0 Å². The minimum absolute atomic E-state index is 0.0194. The van der Waals surface area contributed by atoms with Gasteiger partial charge < -0.3 is 9.47 Å². The number of ketones is 2. The number of benzene rings is 2. The van der Waals surface area contributed by atoms with Gasteiger partial charge in [0.1, 0.15) is 22.9 Å². The second-order valence-corrected chi connectivity index (χ2v) is 9.98. The summed E-state index contributed by atoms with van der Waals surface area (Å²) in [5.74, 6) is -1.10. The lowest BCUT2D eigenvalue weighted by Crippen LogP contribution is -2.58. The quantitative estimate of drug-likeness (QED) is 0.281. The van der Waals surface area contributed by atoms with Crippen LogP contribution in [0, 0.1) is 10.1 Å². The number of rotatable bonds is 5. The van der Waals surface area contributed by atoms with Crippen LogP contribution in [0.3, 0.4) is 0 Å². The molecule has 1 aromatic heterocycles. The fraction of sp³-hybridized carbons (Fsp3) is 0.375. The summed E-state index contributed by atoms with van der Waals surface area (Å²) in [5, 5.41) is 11.3. The van der Waals surface area contributed by atoms with E-state index in [-0.39, 0.29) is 17.3 Å². The molecule has 3 aromatic rings. The minimum Gasteiger partial charge on any atom is -0.431 e. The molecule has 0 N–H and O–H groups in total. The van der Waals surface area contributed by atoms with Crippen LogP contribution >= 0.6 is 11.3 Å². The van der Waals surface area contributed by atoms with Crippen molar-refractivity contribution in [2.75, 3.05) is 0 Å². The summed E-state index contributed by atoms with van der Waals surface area (Å²) in [7, 11) is 0. The molecule has 1 aliphatic rings. The molecule has 1 fully saturated rings. The van der Waals surface area contributed by atoms with Crippen molar-refractivity contribution in [3.63, 3.8) is 0 Å². The zero-order valence-corrected chi connectivity index (χ0v) is 19.8. The van der Waals surface area contributed by atoms with Crippen molar-refractivity contribution in [2.45, 2.75) is 58.2 Å². The number of hydrogen-bond acceptors (Lipinski definition) is 8. The summed E-state index contributed by atoms with van der Waals surface area (Å²) < 4.78 is 12.4. The van der Waals surface area contributed by atoms with E-state index in [2.05, 4.69) is 4.98 Å². The number of carbonyl (C=O) groups is 2. The number of nitrogens with zero attached hydrogens (tertiary/aromatic N) is 2. The number of hydrogen-bond donors (Lipinski definition) is 0. The first-order valence-electron chi connectivity index (χ1n) is 10.6. The number of non-ortho nitro benzene ring substituents is 1. The Morgan fingerprint density at radius 3 is 2.36 bits per heavy atom. The van der Waals surface area contributed by atoms with Crippen LogP contribution in [0.4, 0.5) is 5.69 Å². The first-order chi connectivity index (χ1) is 15.4. The summed E-state index contributed by atoms with van der Waals surface area (Å²) >= 11 is 1.18. The van der Waals surface area contributed by atoms with E-state index in [1.54, 1.807) is 45.9 Å². The minimum atomic E-state index is -1.11. The van der Waals surface area contributed by atoms with Crippen molar-refractivity contribution < 1.29 is 24.0 Å². The van der Waals surface area contributed by atoms with Gasteiger partial charge in [-0.3, -0.25) is 19.7 Å². The average molecular weight is 469 g/mol. The molecule has 0 saturated carbocycles. The predicted octanol–water partition coefficient (Wildman–Crippen LogP) is 5.37. The fourth-order valence-corrected chi connectivity index (χ4v) is 5.08. The van der Waals surface area contributed by atoms with Crippen LogP contribution in [0.15, 0.2) is 36.4 Å². The average Bonchev–Trinajstić information content (AvgIpc) is 3.13. The highest BCUT2D eigenvalue weighted by Crippen LogP contribution is 2.41. The van der Waals surface area contributed by atoms with E-state index in [1.165, 1.54) is 23.5 Å². The molecule has 172 valence electrons. The normalized spacial score (nSPS) is 18.0. The van der Waals surface area contributed by atoms with Gasteiger partial charge in [0, 0.05) is 12.1 Å². The number of nitro benzene ring substituents is 1. The van der Waals surface area contributed by atoms with Gasteiger partial charge in [-0.25, -0.2) is 4.98 Å². The molecule has 0 unspecified atom stereocenters. The van der Waals surface area contributed by atoms with Crippen LogP contribution < -0.4 is 4.74 Å². The Morgan fingerprint density at radius 1 is 1.09 bits per heavy atom. The molecule has 0 amide bonds. The summed E-state index contributed by atoms with van der Waals surface area (Å²) in [5.41, 5.74) is -0.163. The van der Waals surface area contributed by atoms with Gasteiger partial charge >= 0.3 is 0 Å². The number of carbonyl (C=O) groups excluding carboxylic acids is 2. The van der Waals surface area contributed by atoms with Crippen molar-refractivity contribution in [1.29, 1.82) is 0 Å². The fourth-order valence-electron chi connectivity index (χ4n) is 4.21. The predicted molar refractivity (Wildman–Crippen MR) is 124 cm³/mol. The van der Waals surface area contributed by atoms with Crippen molar-refractivity contribution in [3.05, 3.63) is 57.6 Å². The molecule has 1 aliphatic heterocycles. The Balaban J connectivity index is 1.73. The molecule has 4 rings (SSSR count). The number of nitro groups is 1. The number of ether oxygens (including phenoxy) is 2. The number of aromatic nitrogens is 1. The van der Waals surface area contributed by atoms with E-state index < -0.39 is 22.0 Å². The summed E-state index contributed by atoms with van der Waals surface area (Å²) in [6.45, 7) is 8.70. The molecule has 9 heteroatoms. The Labute approximate surface area is 194 Å². The van der Waals surface area contributed by atoms with E-state index in [0.29, 0.717) is 33.1 Å². The van der Waals surface area contributed by atoms with Crippen molar-refractivity contribution in [2.24, 2.45) is 0 Å². The first kappa shape index (κ1) is 23.0. The third kappa shape index (κ3) is 4.14. The van der Waals surface area contributed by atoms with Crippen molar-refractivity contribution >= 4 is 38.8 Å². The molecule has 0 atom stereocenters. The zero-order valence-electron chi connectivity index (χ0n) is 19.0. The maximum absolute atomic E-state index is 13.2. The van der Waals surface area contributed by atoms with Gasteiger partial charge in [0.05, 0.1) is 15.1 Å². The maximum atomic E-state index is 13.2. The molecule has 1 saturated heterocycles. The maximum Gasteiger partial charge on any atom is 0.279 e. The lowest BCUT2D eigenvalue weighted by atomic mass is 9.73. The molecule has 33 heavy (non-hydrogen) atoms. The standard InChI is InChI=1S/C24H24N2O6S/c1-6-13-7-9-15(31-22-25-17-10-8-14(26(29)30)11-18(17)33-22)12-16(13)19-20(27)23(2,3)32-24(4,5)21(19)28/h7-12,19H,6H2,1-5H3. The number of fused-ring (bicyclic) bond motifs is 1. The highest BCUT2D eigenvalue weighted by Gasteiger charge is 2.53. The van der Waals surface area contributed by atoms with Gasteiger partial charge in [0.2, 0.25) is 0 Å². The largest absolute Gasteiger partial charge is 0.431 e. The van der Waals surface area contributed by atoms with E-state index in [0.717, 1.165) is 5.56 Å². The van der Waals surface area contributed by atoms with Crippen LogP contribution in [-0.4, -0.2) is 32.7 Å². The lowest BCUT2D eigenvalue weighted by Gasteiger charge is -2.43.